The molecule has 1 unspecified atom stereocenters. The van der Waals surface area contributed by atoms with E-state index in [4.69, 9.17) is 11.5 Å². The maximum atomic E-state index is 10.2. The summed E-state index contributed by atoms with van der Waals surface area (Å²) >= 11 is 0. The third kappa shape index (κ3) is 17.1. The van der Waals surface area contributed by atoms with Crippen LogP contribution >= 0.6 is 0 Å². The van der Waals surface area contributed by atoms with Gasteiger partial charge in [-0.05, 0) is 5.92 Å². The molecule has 0 saturated heterocycles. The number of carbonyl (C=O) groups is 1. The van der Waals surface area contributed by atoms with E-state index in [1.807, 2.05) is 27.7 Å². The van der Waals surface area contributed by atoms with E-state index in [0.29, 0.717) is 5.92 Å². The molecule has 0 bridgehead atoms. The fourth-order valence-corrected chi connectivity index (χ4v) is 0.428. The van der Waals surface area contributed by atoms with E-state index in [-0.39, 0.29) is 6.04 Å². The normalized spacial score (nSPS) is 11.0. The van der Waals surface area contributed by atoms with Crippen molar-refractivity contribution in [2.75, 3.05) is 0 Å². The summed E-state index contributed by atoms with van der Waals surface area (Å²) in [5, 5.41) is 0. The Bertz CT molecular complexity index is 153. The first-order valence-corrected chi connectivity index (χ1v) is 4.77. The minimum absolute atomic E-state index is 0.0764. The van der Waals surface area contributed by atoms with Crippen LogP contribution in [0.1, 0.15) is 27.7 Å². The highest BCUT2D eigenvalue weighted by atomic mass is 16.1. The molecule has 0 aliphatic carbocycles. The Kier molecular flexibility index (Phi) is 19.2. The molecule has 0 saturated carbocycles. The molecule has 0 fully saturated rings. The summed E-state index contributed by atoms with van der Waals surface area (Å²) in [5.74, 6) is -0.105. The Hall–Kier alpha value is -1.09. The van der Waals surface area contributed by atoms with Gasteiger partial charge in [-0.25, -0.2) is 0 Å². The number of nitrogens with two attached hydrogens (primary N) is 2. The highest BCUT2D eigenvalue weighted by Crippen LogP contribution is 1.98. The molecule has 3 heteroatoms. The molecular formula is C11H24N2O. The molecule has 3 nitrogen and oxygen atoms in total. The van der Waals surface area contributed by atoms with Crippen molar-refractivity contribution in [1.29, 1.82) is 0 Å². The largest absolute Gasteiger partial charge is 0.366 e. The van der Waals surface area contributed by atoms with Gasteiger partial charge in [0.15, 0.2) is 0 Å². The molecule has 0 spiro atoms. The van der Waals surface area contributed by atoms with Gasteiger partial charge in [0, 0.05) is 12.1 Å². The summed E-state index contributed by atoms with van der Waals surface area (Å²) in [6, 6.07) is -0.0764. The lowest BCUT2D eigenvalue weighted by molar-refractivity contribution is -0.113. The average molecular weight is 200 g/mol. The van der Waals surface area contributed by atoms with Gasteiger partial charge in [0.25, 0.3) is 0 Å². The van der Waals surface area contributed by atoms with Gasteiger partial charge in [0.05, 0.1) is 0 Å². The molecule has 1 atom stereocenters. The van der Waals surface area contributed by atoms with Crippen LogP contribution in [-0.2, 0) is 4.79 Å². The van der Waals surface area contributed by atoms with Gasteiger partial charge in [-0.15, -0.1) is 13.2 Å². The van der Waals surface area contributed by atoms with Gasteiger partial charge in [-0.2, -0.15) is 0 Å². The van der Waals surface area contributed by atoms with Crippen molar-refractivity contribution in [3.8, 4) is 0 Å². The Morgan fingerprint density at radius 1 is 1.29 bits per heavy atom. The number of hydrogen-bond donors (Lipinski definition) is 2. The molecule has 0 aromatic rings. The number of primary amides is 1. The zero-order chi connectivity index (χ0) is 12.1. The summed E-state index contributed by atoms with van der Waals surface area (Å²) in [5.41, 5.74) is 10.4. The van der Waals surface area contributed by atoms with Crippen molar-refractivity contribution in [3.05, 3.63) is 25.3 Å². The minimum atomic E-state index is -0.448. The predicted octanol–water partition coefficient (Wildman–Crippen LogP) is 1.84. The van der Waals surface area contributed by atoms with E-state index in [1.165, 1.54) is 6.08 Å². The topological polar surface area (TPSA) is 69.1 Å². The molecule has 0 radical (unpaired) electrons. The fourth-order valence-electron chi connectivity index (χ4n) is 0.428. The van der Waals surface area contributed by atoms with E-state index < -0.39 is 5.91 Å². The number of amides is 1. The molecule has 0 aromatic heterocycles. The molecular weight excluding hydrogens is 176 g/mol. The molecule has 0 aliphatic rings. The zero-order valence-electron chi connectivity index (χ0n) is 9.79. The molecule has 84 valence electrons. The van der Waals surface area contributed by atoms with Crippen molar-refractivity contribution in [2.45, 2.75) is 33.7 Å². The van der Waals surface area contributed by atoms with Crippen molar-refractivity contribution in [3.63, 3.8) is 0 Å². The summed E-state index contributed by atoms with van der Waals surface area (Å²) < 4.78 is 0. The number of hydrogen-bond acceptors (Lipinski definition) is 2. The maximum absolute atomic E-state index is 10.2. The summed E-state index contributed by atoms with van der Waals surface area (Å²) in [6.45, 7) is 14.0. The van der Waals surface area contributed by atoms with Crippen molar-refractivity contribution in [1.82, 2.24) is 0 Å². The third-order valence-electron chi connectivity index (χ3n) is 1.25. The summed E-state index contributed by atoms with van der Waals surface area (Å²) in [4.78, 5) is 10.2. The monoisotopic (exact) mass is 200 g/mol. The Morgan fingerprint density at radius 2 is 1.64 bits per heavy atom. The lowest BCUT2D eigenvalue weighted by Gasteiger charge is -2.08. The van der Waals surface area contributed by atoms with Gasteiger partial charge in [0.1, 0.15) is 0 Å². The van der Waals surface area contributed by atoms with Crippen LogP contribution in [-0.4, -0.2) is 11.9 Å². The first kappa shape index (κ1) is 18.6. The number of carbonyl (C=O) groups excluding carboxylic acids is 1. The van der Waals surface area contributed by atoms with Crippen LogP contribution in [0.2, 0.25) is 0 Å². The van der Waals surface area contributed by atoms with E-state index >= 15 is 0 Å². The van der Waals surface area contributed by atoms with Gasteiger partial charge < -0.3 is 11.5 Å². The minimum Gasteiger partial charge on any atom is -0.366 e. The first-order chi connectivity index (χ1) is 6.54. The van der Waals surface area contributed by atoms with Crippen molar-refractivity contribution in [2.24, 2.45) is 17.4 Å². The van der Waals surface area contributed by atoms with Crippen LogP contribution in [0.4, 0.5) is 0 Å². The summed E-state index contributed by atoms with van der Waals surface area (Å²) in [6.07, 6.45) is 2.91. The predicted molar refractivity (Wildman–Crippen MR) is 63.7 cm³/mol. The van der Waals surface area contributed by atoms with E-state index in [2.05, 4.69) is 13.2 Å². The molecule has 0 rings (SSSR count). The van der Waals surface area contributed by atoms with Gasteiger partial charge in [-0.1, -0.05) is 33.8 Å². The van der Waals surface area contributed by atoms with Crippen molar-refractivity contribution >= 4 is 5.91 Å². The third-order valence-corrected chi connectivity index (χ3v) is 1.25. The van der Waals surface area contributed by atoms with E-state index in [0.717, 1.165) is 0 Å². The van der Waals surface area contributed by atoms with E-state index in [1.54, 1.807) is 6.08 Å². The number of rotatable bonds is 3. The summed E-state index contributed by atoms with van der Waals surface area (Å²) in [7, 11) is 0. The molecule has 1 amide bonds. The van der Waals surface area contributed by atoms with Crippen LogP contribution in [0.3, 0.4) is 0 Å². The van der Waals surface area contributed by atoms with Gasteiger partial charge in [-0.3, -0.25) is 4.79 Å². The van der Waals surface area contributed by atoms with Crippen LogP contribution in [0.25, 0.3) is 0 Å². The Morgan fingerprint density at radius 3 is 1.86 bits per heavy atom. The zero-order valence-corrected chi connectivity index (χ0v) is 9.79. The van der Waals surface area contributed by atoms with Gasteiger partial charge >= 0.3 is 0 Å². The van der Waals surface area contributed by atoms with Crippen LogP contribution < -0.4 is 11.5 Å². The fraction of sp³-hybridized carbons (Fsp3) is 0.545. The molecule has 0 heterocycles. The Balaban J connectivity index is -0.000000266. The SMILES string of the molecule is C=C.CC.CC(C)C(N)/C=C/C(N)=O. The second-order valence-electron chi connectivity index (χ2n) is 2.58. The molecule has 0 aromatic carbocycles. The van der Waals surface area contributed by atoms with Crippen LogP contribution in [0.15, 0.2) is 25.3 Å². The quantitative estimate of drug-likeness (QED) is 0.539. The average Bonchev–Trinajstić information content (AvgIpc) is 2.20. The lowest BCUT2D eigenvalue weighted by Crippen LogP contribution is -2.24. The molecule has 0 aliphatic heterocycles. The lowest BCUT2D eigenvalue weighted by atomic mass is 10.1. The van der Waals surface area contributed by atoms with Gasteiger partial charge in [0.2, 0.25) is 5.91 Å². The second-order valence-corrected chi connectivity index (χ2v) is 2.58. The van der Waals surface area contributed by atoms with Crippen LogP contribution in [0, 0.1) is 5.92 Å². The highest BCUT2D eigenvalue weighted by molar-refractivity contribution is 5.85. The first-order valence-electron chi connectivity index (χ1n) is 4.77. The Labute approximate surface area is 87.9 Å². The van der Waals surface area contributed by atoms with Crippen LogP contribution in [0.5, 0.6) is 0 Å². The standard InChI is InChI=1S/C7H14N2O.C2H6.C2H4/c1-5(2)6(8)3-4-7(9)10;2*1-2/h3-6H,8H2,1-2H3,(H2,9,10);1-2H3;1-2H2/b4-3+;;. The maximum Gasteiger partial charge on any atom is 0.241 e. The molecule has 14 heavy (non-hydrogen) atoms. The highest BCUT2D eigenvalue weighted by Gasteiger charge is 2.01. The second kappa shape index (κ2) is 14.4. The van der Waals surface area contributed by atoms with E-state index in [9.17, 15) is 4.79 Å². The molecule has 4 N–H and O–H groups in total. The smallest absolute Gasteiger partial charge is 0.241 e. The van der Waals surface area contributed by atoms with Crippen molar-refractivity contribution < 1.29 is 4.79 Å².